The van der Waals surface area contributed by atoms with Gasteiger partial charge in [0, 0.05) is 18.5 Å². The number of pyridine rings is 1. The Morgan fingerprint density at radius 2 is 2.18 bits per heavy atom. The Kier molecular flexibility index (Phi) is 5.18. The predicted molar refractivity (Wildman–Crippen MR) is 105 cm³/mol. The van der Waals surface area contributed by atoms with E-state index in [-0.39, 0.29) is 11.1 Å². The Morgan fingerprint density at radius 3 is 2.82 bits per heavy atom. The predicted octanol–water partition coefficient (Wildman–Crippen LogP) is 2.51. The molecule has 0 aliphatic heterocycles. The van der Waals surface area contributed by atoms with Crippen LogP contribution < -0.4 is 15.6 Å². The minimum absolute atomic E-state index is 0.254. The summed E-state index contributed by atoms with van der Waals surface area (Å²) in [7, 11) is 3.16. The Bertz CT molecular complexity index is 1150. The largest absolute Gasteiger partial charge is 0.495 e. The number of hydrogen-bond donors (Lipinski definition) is 1. The third-order valence-electron chi connectivity index (χ3n) is 4.76. The highest BCUT2D eigenvalue weighted by molar-refractivity contribution is 5.96. The van der Waals surface area contributed by atoms with Crippen molar-refractivity contribution in [1.29, 1.82) is 5.26 Å². The lowest BCUT2D eigenvalue weighted by atomic mass is 10.1. The Labute approximate surface area is 162 Å². The summed E-state index contributed by atoms with van der Waals surface area (Å²) in [5.74, 6) is 0.408. The van der Waals surface area contributed by atoms with Crippen LogP contribution in [0.3, 0.4) is 0 Å². The van der Waals surface area contributed by atoms with Gasteiger partial charge in [0.2, 0.25) is 5.91 Å². The molecule has 3 rings (SSSR count). The molecule has 8 nitrogen and oxygen atoms in total. The molecule has 3 aromatic rings. The first-order chi connectivity index (χ1) is 13.4. The van der Waals surface area contributed by atoms with E-state index in [1.807, 2.05) is 32.0 Å². The molecule has 0 bridgehead atoms. The van der Waals surface area contributed by atoms with Gasteiger partial charge in [-0.3, -0.25) is 18.8 Å². The summed E-state index contributed by atoms with van der Waals surface area (Å²) in [4.78, 5) is 26.0. The molecular formula is C20H21N5O3. The van der Waals surface area contributed by atoms with E-state index in [2.05, 4.69) is 10.4 Å². The lowest BCUT2D eigenvalue weighted by Gasteiger charge is -2.22. The lowest BCUT2D eigenvalue weighted by Crippen LogP contribution is -2.34. The van der Waals surface area contributed by atoms with Crippen LogP contribution in [0.4, 0.5) is 5.82 Å². The van der Waals surface area contributed by atoms with Crippen molar-refractivity contribution in [3.05, 3.63) is 51.9 Å². The van der Waals surface area contributed by atoms with E-state index >= 15 is 0 Å². The molecule has 8 heteroatoms. The molecule has 0 spiro atoms. The highest BCUT2D eigenvalue weighted by Gasteiger charge is 2.25. The number of amides is 1. The average molecular weight is 379 g/mol. The smallest absolute Gasteiger partial charge is 0.252 e. The van der Waals surface area contributed by atoms with Gasteiger partial charge in [0.15, 0.2) is 0 Å². The van der Waals surface area contributed by atoms with Crippen LogP contribution in [0.5, 0.6) is 5.75 Å². The number of aryl methyl sites for hydroxylation is 2. The number of hydrogen-bond acceptors (Lipinski definition) is 5. The Hall–Kier alpha value is -3.60. The van der Waals surface area contributed by atoms with E-state index in [1.54, 1.807) is 13.1 Å². The number of fused-ring (bicyclic) bond motifs is 1. The zero-order chi connectivity index (χ0) is 20.4. The van der Waals surface area contributed by atoms with Gasteiger partial charge in [-0.05, 0) is 25.0 Å². The van der Waals surface area contributed by atoms with Gasteiger partial charge in [-0.25, -0.2) is 0 Å². The topological polar surface area (TPSA) is 102 Å². The Morgan fingerprint density at radius 1 is 1.43 bits per heavy atom. The maximum absolute atomic E-state index is 13.1. The molecule has 0 saturated carbocycles. The Balaban J connectivity index is 2.16. The van der Waals surface area contributed by atoms with Crippen LogP contribution >= 0.6 is 0 Å². The van der Waals surface area contributed by atoms with Gasteiger partial charge < -0.3 is 10.1 Å². The van der Waals surface area contributed by atoms with Crippen molar-refractivity contribution in [2.45, 2.75) is 26.3 Å². The van der Waals surface area contributed by atoms with E-state index in [0.717, 1.165) is 10.9 Å². The molecule has 2 aromatic heterocycles. The number of aromatic nitrogens is 3. The van der Waals surface area contributed by atoms with Crippen LogP contribution in [0.15, 0.2) is 35.3 Å². The number of nitriles is 1. The fourth-order valence-electron chi connectivity index (χ4n) is 3.36. The van der Waals surface area contributed by atoms with Gasteiger partial charge in [0.25, 0.3) is 5.56 Å². The number of ether oxygens (including phenoxy) is 1. The number of anilines is 1. The molecule has 1 aromatic carbocycles. The number of rotatable bonds is 5. The maximum Gasteiger partial charge on any atom is 0.252 e. The highest BCUT2D eigenvalue weighted by atomic mass is 16.5. The second kappa shape index (κ2) is 7.56. The number of carbonyl (C=O) groups is 1. The van der Waals surface area contributed by atoms with Crippen molar-refractivity contribution in [3.63, 3.8) is 0 Å². The van der Waals surface area contributed by atoms with Gasteiger partial charge in [0.05, 0.1) is 18.8 Å². The second-order valence-electron chi connectivity index (χ2n) is 6.45. The summed E-state index contributed by atoms with van der Waals surface area (Å²) < 4.78 is 8.34. The first-order valence-electron chi connectivity index (χ1n) is 8.84. The minimum atomic E-state index is -0.784. The first-order valence-corrected chi connectivity index (χ1v) is 8.84. The third-order valence-corrected chi connectivity index (χ3v) is 4.76. The van der Waals surface area contributed by atoms with Crippen LogP contribution in [-0.2, 0) is 11.8 Å². The number of benzene rings is 1. The summed E-state index contributed by atoms with van der Waals surface area (Å²) in [6, 6.07) is 8.23. The third kappa shape index (κ3) is 3.11. The summed E-state index contributed by atoms with van der Waals surface area (Å²) in [5.41, 5.74) is 1.35. The molecule has 0 radical (unpaired) electrons. The zero-order valence-corrected chi connectivity index (χ0v) is 16.2. The molecule has 1 atom stereocenters. The van der Waals surface area contributed by atoms with Crippen molar-refractivity contribution in [1.82, 2.24) is 14.3 Å². The minimum Gasteiger partial charge on any atom is -0.495 e. The van der Waals surface area contributed by atoms with E-state index < -0.39 is 11.9 Å². The SMILES string of the molecule is CCC(C(=O)Nc1c(C#N)cnn1C)n1c(=O)cc(C)c2cccc(OC)c21. The molecule has 0 saturated heterocycles. The second-order valence-corrected chi connectivity index (χ2v) is 6.45. The normalized spacial score (nSPS) is 11.8. The van der Waals surface area contributed by atoms with Crippen molar-refractivity contribution in [3.8, 4) is 11.8 Å². The monoisotopic (exact) mass is 379 g/mol. The van der Waals surface area contributed by atoms with Crippen LogP contribution in [0, 0.1) is 18.3 Å². The number of nitrogens with zero attached hydrogens (tertiary/aromatic N) is 4. The number of para-hydroxylation sites is 1. The van der Waals surface area contributed by atoms with Crippen molar-refractivity contribution < 1.29 is 9.53 Å². The summed E-state index contributed by atoms with van der Waals surface area (Å²) in [6.07, 6.45) is 1.76. The van der Waals surface area contributed by atoms with Crippen molar-refractivity contribution in [2.75, 3.05) is 12.4 Å². The fourth-order valence-corrected chi connectivity index (χ4v) is 3.36. The van der Waals surface area contributed by atoms with Gasteiger partial charge in [0.1, 0.15) is 29.2 Å². The maximum atomic E-state index is 13.1. The summed E-state index contributed by atoms with van der Waals surface area (Å²) >= 11 is 0. The van der Waals surface area contributed by atoms with E-state index in [9.17, 15) is 14.9 Å². The van der Waals surface area contributed by atoms with E-state index in [4.69, 9.17) is 4.74 Å². The highest BCUT2D eigenvalue weighted by Crippen LogP contribution is 2.29. The molecule has 1 unspecified atom stereocenters. The molecule has 1 amide bonds. The summed E-state index contributed by atoms with van der Waals surface area (Å²) in [6.45, 7) is 3.68. The summed E-state index contributed by atoms with van der Waals surface area (Å²) in [5, 5.41) is 16.8. The van der Waals surface area contributed by atoms with Crippen molar-refractivity contribution >= 4 is 22.6 Å². The van der Waals surface area contributed by atoms with Gasteiger partial charge >= 0.3 is 0 Å². The number of methoxy groups -OCH3 is 1. The molecule has 0 fully saturated rings. The van der Waals surface area contributed by atoms with Crippen LogP contribution in [0.1, 0.15) is 30.5 Å². The van der Waals surface area contributed by atoms with Crippen LogP contribution in [0.25, 0.3) is 10.9 Å². The van der Waals surface area contributed by atoms with E-state index in [0.29, 0.717) is 23.5 Å². The van der Waals surface area contributed by atoms with Crippen LogP contribution in [0.2, 0.25) is 0 Å². The zero-order valence-electron chi connectivity index (χ0n) is 16.2. The molecule has 28 heavy (non-hydrogen) atoms. The average Bonchev–Trinajstić information content (AvgIpc) is 3.03. The first kappa shape index (κ1) is 19.2. The number of carbonyl (C=O) groups excluding carboxylic acids is 1. The molecule has 0 aliphatic carbocycles. The molecule has 0 aliphatic rings. The molecule has 144 valence electrons. The lowest BCUT2D eigenvalue weighted by molar-refractivity contribution is -0.119. The van der Waals surface area contributed by atoms with Crippen LogP contribution in [-0.4, -0.2) is 27.4 Å². The molecule has 2 heterocycles. The molecular weight excluding hydrogens is 358 g/mol. The van der Waals surface area contributed by atoms with Gasteiger partial charge in [-0.15, -0.1) is 0 Å². The van der Waals surface area contributed by atoms with Crippen molar-refractivity contribution in [2.24, 2.45) is 7.05 Å². The van der Waals surface area contributed by atoms with E-state index in [1.165, 1.54) is 28.6 Å². The fraction of sp³-hybridized carbons (Fsp3) is 0.300. The molecule has 1 N–H and O–H groups in total. The number of nitrogens with one attached hydrogen (secondary N) is 1. The van der Waals surface area contributed by atoms with Gasteiger partial charge in [-0.1, -0.05) is 19.1 Å². The standard InChI is InChI=1S/C20H21N5O3/c1-5-15(20(27)23-19-13(10-21)11-22-24(19)3)25-17(26)9-12(2)14-7-6-8-16(28-4)18(14)25/h6-9,11,15H,5H2,1-4H3,(H,23,27). The quantitative estimate of drug-likeness (QED) is 0.734. The van der Waals surface area contributed by atoms with Gasteiger partial charge in [-0.2, -0.15) is 10.4 Å².